The van der Waals surface area contributed by atoms with Gasteiger partial charge in [-0.3, -0.25) is 9.59 Å². The van der Waals surface area contributed by atoms with Crippen molar-refractivity contribution in [1.29, 1.82) is 0 Å². The first-order valence-corrected chi connectivity index (χ1v) is 6.69. The van der Waals surface area contributed by atoms with Crippen LogP contribution in [0.2, 0.25) is 0 Å². The second kappa shape index (κ2) is 4.31. The van der Waals surface area contributed by atoms with E-state index in [0.717, 1.165) is 19.3 Å². The fourth-order valence-corrected chi connectivity index (χ4v) is 3.13. The Morgan fingerprint density at radius 3 is 2.41 bits per heavy atom. The average Bonchev–Trinajstić information content (AvgIpc) is 2.24. The van der Waals surface area contributed by atoms with Crippen molar-refractivity contribution in [1.82, 2.24) is 10.2 Å². The lowest BCUT2D eigenvalue weighted by atomic mass is 9.71. The summed E-state index contributed by atoms with van der Waals surface area (Å²) in [6.45, 7) is 5.88. The van der Waals surface area contributed by atoms with Crippen molar-refractivity contribution in [3.05, 3.63) is 0 Å². The second-order valence-electron chi connectivity index (χ2n) is 5.29. The largest absolute Gasteiger partial charge is 0.343 e. The fourth-order valence-electron chi connectivity index (χ4n) is 3.13. The minimum atomic E-state index is -0.366. The van der Waals surface area contributed by atoms with Gasteiger partial charge in [0, 0.05) is 5.54 Å². The highest BCUT2D eigenvalue weighted by Crippen LogP contribution is 2.43. The number of hydrogen-bond donors (Lipinski definition) is 1. The van der Waals surface area contributed by atoms with E-state index in [2.05, 4.69) is 12.2 Å². The molecule has 4 nitrogen and oxygen atoms in total. The summed E-state index contributed by atoms with van der Waals surface area (Å²) in [5.41, 5.74) is -0.0379. The van der Waals surface area contributed by atoms with Gasteiger partial charge in [-0.15, -0.1) is 0 Å². The molecule has 0 aromatic rings. The zero-order valence-corrected chi connectivity index (χ0v) is 11.0. The van der Waals surface area contributed by atoms with Crippen LogP contribution in [0.25, 0.3) is 0 Å². The number of amides is 2. The quantitative estimate of drug-likeness (QED) is 0.809. The summed E-state index contributed by atoms with van der Waals surface area (Å²) in [7, 11) is 0. The number of hydrogen-bond acceptors (Lipinski definition) is 2. The van der Waals surface area contributed by atoms with E-state index < -0.39 is 0 Å². The molecule has 1 saturated heterocycles. The van der Waals surface area contributed by atoms with Crippen LogP contribution >= 0.6 is 0 Å². The molecule has 1 N–H and O–H groups in total. The van der Waals surface area contributed by atoms with Gasteiger partial charge in [0.25, 0.3) is 0 Å². The van der Waals surface area contributed by atoms with Crippen molar-refractivity contribution in [3.63, 3.8) is 0 Å². The number of carbonyl (C=O) groups excluding carboxylic acids is 2. The molecule has 2 rings (SSSR count). The molecular formula is C13H22N2O2. The van der Waals surface area contributed by atoms with Gasteiger partial charge in [0.05, 0.1) is 0 Å². The van der Waals surface area contributed by atoms with E-state index in [4.69, 9.17) is 0 Å². The monoisotopic (exact) mass is 238 g/mol. The maximum Gasteiger partial charge on any atom is 0.246 e. The van der Waals surface area contributed by atoms with Gasteiger partial charge in [0.2, 0.25) is 11.8 Å². The third-order valence-electron chi connectivity index (χ3n) is 4.42. The molecule has 4 heteroatoms. The lowest BCUT2D eigenvalue weighted by Gasteiger charge is -2.55. The Labute approximate surface area is 103 Å². The summed E-state index contributed by atoms with van der Waals surface area (Å²) >= 11 is 0. The molecule has 1 heterocycles. The van der Waals surface area contributed by atoms with Gasteiger partial charge < -0.3 is 10.2 Å². The zero-order valence-electron chi connectivity index (χ0n) is 11.0. The van der Waals surface area contributed by atoms with Gasteiger partial charge in [-0.05, 0) is 39.0 Å². The van der Waals surface area contributed by atoms with E-state index in [1.54, 1.807) is 6.92 Å². The first-order chi connectivity index (χ1) is 8.05. The smallest absolute Gasteiger partial charge is 0.246 e. The van der Waals surface area contributed by atoms with Gasteiger partial charge in [-0.25, -0.2) is 0 Å². The molecule has 2 unspecified atom stereocenters. The van der Waals surface area contributed by atoms with Crippen molar-refractivity contribution in [3.8, 4) is 0 Å². The lowest BCUT2D eigenvalue weighted by Crippen LogP contribution is -2.70. The number of carbonyl (C=O) groups is 2. The molecule has 1 aliphatic heterocycles. The van der Waals surface area contributed by atoms with E-state index in [1.807, 2.05) is 11.8 Å². The second-order valence-corrected chi connectivity index (χ2v) is 5.29. The van der Waals surface area contributed by atoms with Gasteiger partial charge in [-0.1, -0.05) is 13.8 Å². The summed E-state index contributed by atoms with van der Waals surface area (Å²) < 4.78 is 0. The topological polar surface area (TPSA) is 49.4 Å². The van der Waals surface area contributed by atoms with Gasteiger partial charge in [0.15, 0.2) is 0 Å². The molecule has 1 saturated carbocycles. The number of piperazine rings is 1. The molecule has 96 valence electrons. The molecular weight excluding hydrogens is 216 g/mol. The van der Waals surface area contributed by atoms with E-state index in [-0.39, 0.29) is 29.4 Å². The van der Waals surface area contributed by atoms with Gasteiger partial charge >= 0.3 is 0 Å². The highest BCUT2D eigenvalue weighted by molar-refractivity contribution is 5.97. The van der Waals surface area contributed by atoms with Crippen LogP contribution in [0.5, 0.6) is 0 Å². The minimum absolute atomic E-state index is 0.0133. The molecule has 0 bridgehead atoms. The molecule has 1 aliphatic carbocycles. The predicted molar refractivity (Wildman–Crippen MR) is 65.4 cm³/mol. The van der Waals surface area contributed by atoms with Gasteiger partial charge in [-0.2, -0.15) is 0 Å². The lowest BCUT2D eigenvalue weighted by molar-refractivity contribution is -0.162. The van der Waals surface area contributed by atoms with Crippen LogP contribution in [-0.4, -0.2) is 34.3 Å². The molecule has 2 aliphatic rings. The molecule has 0 aromatic carbocycles. The van der Waals surface area contributed by atoms with Crippen LogP contribution in [-0.2, 0) is 9.59 Å². The molecule has 0 aromatic heterocycles. The highest BCUT2D eigenvalue weighted by Gasteiger charge is 2.50. The number of nitrogens with zero attached hydrogens (tertiary/aromatic N) is 1. The van der Waals surface area contributed by atoms with Crippen molar-refractivity contribution in [2.75, 3.05) is 0 Å². The average molecular weight is 238 g/mol. The molecule has 2 fully saturated rings. The van der Waals surface area contributed by atoms with Crippen molar-refractivity contribution in [2.45, 2.75) is 70.5 Å². The Bertz CT molecular complexity index is 331. The minimum Gasteiger partial charge on any atom is -0.343 e. The van der Waals surface area contributed by atoms with Crippen LogP contribution < -0.4 is 5.32 Å². The summed E-state index contributed by atoms with van der Waals surface area (Å²) in [4.78, 5) is 26.2. The summed E-state index contributed by atoms with van der Waals surface area (Å²) in [5.74, 6) is 0.109. The molecule has 2 amide bonds. The summed E-state index contributed by atoms with van der Waals surface area (Å²) in [6, 6.07) is -0.631. The standard InChI is InChI=1S/C13H22N2O2/c1-4-10-11(16)14-9(3)12(17)15(10)13(5-2)7-6-8-13/h9-10H,4-8H2,1-3H3,(H,14,16). The van der Waals surface area contributed by atoms with Crippen molar-refractivity contribution >= 4 is 11.8 Å². The third kappa shape index (κ3) is 1.74. The van der Waals surface area contributed by atoms with E-state index in [9.17, 15) is 9.59 Å². The molecule has 17 heavy (non-hydrogen) atoms. The predicted octanol–water partition coefficient (Wildman–Crippen LogP) is 1.44. The first kappa shape index (κ1) is 12.4. The van der Waals surface area contributed by atoms with E-state index >= 15 is 0 Å². The highest BCUT2D eigenvalue weighted by atomic mass is 16.2. The SMILES string of the molecule is CCC1C(=O)NC(C)C(=O)N1C1(CC)CCC1. The van der Waals surface area contributed by atoms with Crippen LogP contribution in [0.1, 0.15) is 52.9 Å². The Kier molecular flexibility index (Phi) is 3.15. The Balaban J connectivity index is 2.31. The Morgan fingerprint density at radius 2 is 2.00 bits per heavy atom. The normalized spacial score (nSPS) is 32.1. The zero-order chi connectivity index (χ0) is 12.6. The molecule has 0 radical (unpaired) electrons. The van der Waals surface area contributed by atoms with E-state index in [1.165, 1.54) is 6.42 Å². The van der Waals surface area contributed by atoms with Crippen LogP contribution in [0.3, 0.4) is 0 Å². The van der Waals surface area contributed by atoms with Crippen molar-refractivity contribution in [2.24, 2.45) is 0 Å². The van der Waals surface area contributed by atoms with Crippen LogP contribution in [0.15, 0.2) is 0 Å². The Morgan fingerprint density at radius 1 is 1.35 bits per heavy atom. The first-order valence-electron chi connectivity index (χ1n) is 6.69. The van der Waals surface area contributed by atoms with Crippen molar-refractivity contribution < 1.29 is 9.59 Å². The number of nitrogens with one attached hydrogen (secondary N) is 1. The molecule has 0 spiro atoms. The number of rotatable bonds is 3. The van der Waals surface area contributed by atoms with Crippen LogP contribution in [0.4, 0.5) is 0 Å². The summed E-state index contributed by atoms with van der Waals surface area (Å²) in [5, 5.41) is 2.77. The van der Waals surface area contributed by atoms with Gasteiger partial charge in [0.1, 0.15) is 12.1 Å². The summed E-state index contributed by atoms with van der Waals surface area (Å²) in [6.07, 6.45) is 4.92. The van der Waals surface area contributed by atoms with Crippen LogP contribution in [0, 0.1) is 0 Å². The molecule has 2 atom stereocenters. The Hall–Kier alpha value is -1.06. The fraction of sp³-hybridized carbons (Fsp3) is 0.846. The maximum absolute atomic E-state index is 12.3. The third-order valence-corrected chi connectivity index (χ3v) is 4.42. The maximum atomic E-state index is 12.3. The van der Waals surface area contributed by atoms with E-state index in [0.29, 0.717) is 6.42 Å².